The number of rotatable bonds is 5. The Balaban J connectivity index is 3.17. The van der Waals surface area contributed by atoms with Crippen molar-refractivity contribution >= 4 is 6.09 Å². The third-order valence-electron chi connectivity index (χ3n) is 1.24. The van der Waals surface area contributed by atoms with Crippen LogP contribution in [0.5, 0.6) is 0 Å². The van der Waals surface area contributed by atoms with Crippen LogP contribution in [0.4, 0.5) is 4.79 Å². The predicted molar refractivity (Wildman–Crippen MR) is 40.6 cm³/mol. The fraction of sp³-hybridized carbons (Fsp3) is 0.833. The Labute approximate surface area is 65.6 Å². The van der Waals surface area contributed by atoms with Crippen molar-refractivity contribution in [1.29, 1.82) is 0 Å². The standard InChI is InChI=1S/C6H14N2O3/c1-8(6(10)11)4-2-7-3-5-9/h7,9H,2-5H2,1H3,(H,10,11). The first-order chi connectivity index (χ1) is 5.18. The number of hydrogen-bond donors (Lipinski definition) is 3. The van der Waals surface area contributed by atoms with E-state index in [1.54, 1.807) is 0 Å². The molecular weight excluding hydrogens is 148 g/mol. The Morgan fingerprint density at radius 2 is 2.18 bits per heavy atom. The molecule has 0 unspecified atom stereocenters. The maximum absolute atomic E-state index is 10.2. The quantitative estimate of drug-likeness (QED) is 0.462. The molecule has 0 fully saturated rings. The molecule has 0 aliphatic rings. The number of hydrogen-bond acceptors (Lipinski definition) is 3. The molecule has 0 bridgehead atoms. The summed E-state index contributed by atoms with van der Waals surface area (Å²) in [5.74, 6) is 0. The number of carboxylic acid groups (broad SMARTS) is 1. The van der Waals surface area contributed by atoms with E-state index < -0.39 is 6.09 Å². The van der Waals surface area contributed by atoms with Crippen LogP contribution in [0.3, 0.4) is 0 Å². The summed E-state index contributed by atoms with van der Waals surface area (Å²) in [7, 11) is 1.50. The lowest BCUT2D eigenvalue weighted by atomic mass is 10.5. The maximum atomic E-state index is 10.2. The van der Waals surface area contributed by atoms with Gasteiger partial charge in [0.2, 0.25) is 0 Å². The zero-order valence-electron chi connectivity index (χ0n) is 6.58. The zero-order chi connectivity index (χ0) is 8.69. The lowest BCUT2D eigenvalue weighted by Crippen LogP contribution is -2.33. The lowest BCUT2D eigenvalue weighted by molar-refractivity contribution is 0.156. The van der Waals surface area contributed by atoms with Crippen molar-refractivity contribution < 1.29 is 15.0 Å². The predicted octanol–water partition coefficient (Wildman–Crippen LogP) is -0.822. The van der Waals surface area contributed by atoms with Crippen LogP contribution in [0.25, 0.3) is 0 Å². The number of likely N-dealkylation sites (N-methyl/N-ethyl adjacent to an activating group) is 1. The molecule has 0 aromatic carbocycles. The number of nitrogens with one attached hydrogen (secondary N) is 1. The summed E-state index contributed by atoms with van der Waals surface area (Å²) < 4.78 is 0. The van der Waals surface area contributed by atoms with Gasteiger partial charge in [-0.15, -0.1) is 0 Å². The number of aliphatic hydroxyl groups excluding tert-OH is 1. The molecule has 0 aliphatic carbocycles. The molecule has 0 aromatic rings. The molecule has 0 saturated carbocycles. The summed E-state index contributed by atoms with van der Waals surface area (Å²) in [6, 6.07) is 0. The molecular formula is C6H14N2O3. The van der Waals surface area contributed by atoms with Gasteiger partial charge in [0.05, 0.1) is 6.61 Å². The minimum atomic E-state index is -0.934. The van der Waals surface area contributed by atoms with E-state index >= 15 is 0 Å². The highest BCUT2D eigenvalue weighted by atomic mass is 16.4. The van der Waals surface area contributed by atoms with Gasteiger partial charge in [0, 0.05) is 26.7 Å². The van der Waals surface area contributed by atoms with Gasteiger partial charge < -0.3 is 20.4 Å². The molecule has 0 heterocycles. The minimum Gasteiger partial charge on any atom is -0.465 e. The van der Waals surface area contributed by atoms with E-state index in [1.807, 2.05) is 0 Å². The Morgan fingerprint density at radius 3 is 2.64 bits per heavy atom. The molecule has 0 radical (unpaired) electrons. The molecule has 1 amide bonds. The third kappa shape index (κ3) is 5.63. The summed E-state index contributed by atoms with van der Waals surface area (Å²) >= 11 is 0. The minimum absolute atomic E-state index is 0.0801. The smallest absolute Gasteiger partial charge is 0.407 e. The molecule has 0 aliphatic heterocycles. The molecule has 5 nitrogen and oxygen atoms in total. The van der Waals surface area contributed by atoms with Crippen LogP contribution in [0.1, 0.15) is 0 Å². The first-order valence-corrected chi connectivity index (χ1v) is 3.44. The van der Waals surface area contributed by atoms with Crippen molar-refractivity contribution in [3.63, 3.8) is 0 Å². The second-order valence-corrected chi connectivity index (χ2v) is 2.18. The summed E-state index contributed by atoms with van der Waals surface area (Å²) in [6.07, 6.45) is -0.934. The van der Waals surface area contributed by atoms with Crippen LogP contribution in [0, 0.1) is 0 Å². The number of aliphatic hydroxyl groups is 1. The Hall–Kier alpha value is -0.810. The second-order valence-electron chi connectivity index (χ2n) is 2.18. The Bertz CT molecular complexity index is 118. The maximum Gasteiger partial charge on any atom is 0.407 e. The fourth-order valence-electron chi connectivity index (χ4n) is 0.546. The molecule has 0 spiro atoms. The molecule has 0 saturated heterocycles. The van der Waals surface area contributed by atoms with Crippen molar-refractivity contribution in [2.75, 3.05) is 33.3 Å². The van der Waals surface area contributed by atoms with Gasteiger partial charge in [-0.1, -0.05) is 0 Å². The fourth-order valence-corrected chi connectivity index (χ4v) is 0.546. The third-order valence-corrected chi connectivity index (χ3v) is 1.24. The van der Waals surface area contributed by atoms with Crippen molar-refractivity contribution in [1.82, 2.24) is 10.2 Å². The first-order valence-electron chi connectivity index (χ1n) is 3.44. The van der Waals surface area contributed by atoms with Crippen LogP contribution >= 0.6 is 0 Å². The van der Waals surface area contributed by atoms with E-state index in [0.717, 1.165) is 0 Å². The number of nitrogens with zero attached hydrogens (tertiary/aromatic N) is 1. The molecule has 3 N–H and O–H groups in total. The molecule has 11 heavy (non-hydrogen) atoms. The van der Waals surface area contributed by atoms with Gasteiger partial charge in [-0.25, -0.2) is 4.79 Å². The van der Waals surface area contributed by atoms with Crippen molar-refractivity contribution in [2.24, 2.45) is 0 Å². The van der Waals surface area contributed by atoms with Gasteiger partial charge in [-0.3, -0.25) is 0 Å². The summed E-state index contributed by atoms with van der Waals surface area (Å²) in [5.41, 5.74) is 0. The van der Waals surface area contributed by atoms with Crippen molar-refractivity contribution in [3.05, 3.63) is 0 Å². The van der Waals surface area contributed by atoms with E-state index in [1.165, 1.54) is 11.9 Å². The van der Waals surface area contributed by atoms with E-state index in [0.29, 0.717) is 19.6 Å². The highest BCUT2D eigenvalue weighted by molar-refractivity contribution is 5.64. The van der Waals surface area contributed by atoms with E-state index in [4.69, 9.17) is 10.2 Å². The van der Waals surface area contributed by atoms with Crippen LogP contribution < -0.4 is 5.32 Å². The number of carbonyl (C=O) groups is 1. The van der Waals surface area contributed by atoms with Gasteiger partial charge >= 0.3 is 6.09 Å². The largest absolute Gasteiger partial charge is 0.465 e. The Morgan fingerprint density at radius 1 is 1.55 bits per heavy atom. The molecule has 66 valence electrons. The molecule has 0 atom stereocenters. The van der Waals surface area contributed by atoms with Gasteiger partial charge in [0.1, 0.15) is 0 Å². The average molecular weight is 162 g/mol. The van der Waals surface area contributed by atoms with Crippen LogP contribution in [0.2, 0.25) is 0 Å². The van der Waals surface area contributed by atoms with E-state index in [9.17, 15) is 4.79 Å². The van der Waals surface area contributed by atoms with Crippen LogP contribution in [0.15, 0.2) is 0 Å². The highest BCUT2D eigenvalue weighted by Gasteiger charge is 2.02. The molecule has 0 rings (SSSR count). The topological polar surface area (TPSA) is 72.8 Å². The van der Waals surface area contributed by atoms with Crippen LogP contribution in [-0.2, 0) is 0 Å². The van der Waals surface area contributed by atoms with Gasteiger partial charge in [-0.05, 0) is 0 Å². The summed E-state index contributed by atoms with van der Waals surface area (Å²) in [6.45, 7) is 1.60. The number of amides is 1. The second kappa shape index (κ2) is 5.94. The van der Waals surface area contributed by atoms with E-state index in [2.05, 4.69) is 5.32 Å². The average Bonchev–Trinajstić information content (AvgIpc) is 1.97. The first kappa shape index (κ1) is 10.2. The lowest BCUT2D eigenvalue weighted by Gasteiger charge is -2.12. The highest BCUT2D eigenvalue weighted by Crippen LogP contribution is 1.79. The normalized spacial score (nSPS) is 9.64. The SMILES string of the molecule is CN(CCNCCO)C(=O)O. The Kier molecular flexibility index (Phi) is 5.50. The van der Waals surface area contributed by atoms with Crippen molar-refractivity contribution in [3.8, 4) is 0 Å². The summed E-state index contributed by atoms with van der Waals surface area (Å²) in [4.78, 5) is 11.4. The molecule has 0 aromatic heterocycles. The van der Waals surface area contributed by atoms with Gasteiger partial charge in [0.25, 0.3) is 0 Å². The molecule has 5 heteroatoms. The van der Waals surface area contributed by atoms with E-state index in [-0.39, 0.29) is 6.61 Å². The zero-order valence-corrected chi connectivity index (χ0v) is 6.58. The van der Waals surface area contributed by atoms with Gasteiger partial charge in [0.15, 0.2) is 0 Å². The van der Waals surface area contributed by atoms with Gasteiger partial charge in [-0.2, -0.15) is 0 Å². The summed E-state index contributed by atoms with van der Waals surface area (Å²) in [5, 5.41) is 19.6. The van der Waals surface area contributed by atoms with Crippen molar-refractivity contribution in [2.45, 2.75) is 0 Å². The monoisotopic (exact) mass is 162 g/mol. The van der Waals surface area contributed by atoms with Crippen LogP contribution in [-0.4, -0.2) is 54.5 Å².